The Kier molecular flexibility index (Phi) is 2.75. The van der Waals surface area contributed by atoms with Gasteiger partial charge in [0.15, 0.2) is 0 Å². The van der Waals surface area contributed by atoms with Crippen molar-refractivity contribution in [3.63, 3.8) is 0 Å². The molecule has 0 unspecified atom stereocenters. The number of hydrogen-bond acceptors (Lipinski definition) is 2. The van der Waals surface area contributed by atoms with E-state index in [1.54, 1.807) is 7.11 Å². The molecule has 0 saturated heterocycles. The van der Waals surface area contributed by atoms with E-state index >= 15 is 0 Å². The minimum absolute atomic E-state index is 0.728. The van der Waals surface area contributed by atoms with Gasteiger partial charge in [-0.1, -0.05) is 24.3 Å². The lowest BCUT2D eigenvalue weighted by Crippen LogP contribution is -1.97. The number of fused-ring (bicyclic) bond motifs is 1. The topological polar surface area (TPSA) is 22.1 Å². The van der Waals surface area contributed by atoms with E-state index in [1.165, 1.54) is 5.39 Å². The number of rotatable bonds is 3. The number of nitrogens with zero attached hydrogens (tertiary/aromatic N) is 1. The normalized spacial score (nSPS) is 10.6. The minimum atomic E-state index is 0.728. The fourth-order valence-electron chi connectivity index (χ4n) is 1.45. The maximum Gasteiger partial charge on any atom is 0.0705 e. The van der Waals surface area contributed by atoms with E-state index in [0.717, 1.165) is 24.2 Å². The van der Waals surface area contributed by atoms with Crippen molar-refractivity contribution in [3.05, 3.63) is 42.1 Å². The zero-order valence-electron chi connectivity index (χ0n) is 8.23. The van der Waals surface area contributed by atoms with E-state index in [2.05, 4.69) is 23.2 Å². The van der Waals surface area contributed by atoms with Crippen molar-refractivity contribution in [2.75, 3.05) is 13.7 Å². The molecule has 2 rings (SSSR count). The highest BCUT2D eigenvalue weighted by molar-refractivity contribution is 5.78. The Labute approximate surface area is 83.5 Å². The summed E-state index contributed by atoms with van der Waals surface area (Å²) in [7, 11) is 1.71. The van der Waals surface area contributed by atoms with Crippen LogP contribution in [0, 0.1) is 0 Å². The van der Waals surface area contributed by atoms with Gasteiger partial charge in [-0.3, -0.25) is 4.98 Å². The van der Waals surface area contributed by atoms with Crippen molar-refractivity contribution in [1.29, 1.82) is 0 Å². The van der Waals surface area contributed by atoms with Crippen molar-refractivity contribution in [3.8, 4) is 0 Å². The number of methoxy groups -OCH3 is 1. The minimum Gasteiger partial charge on any atom is -0.384 e. The zero-order valence-corrected chi connectivity index (χ0v) is 8.23. The third-order valence-electron chi connectivity index (χ3n) is 2.22. The molecule has 72 valence electrons. The standard InChI is InChI=1S/C12H13NO/c1-14-9-8-11-7-6-10-4-2-3-5-12(10)13-11/h2-7H,8-9H2,1H3. The molecule has 0 aliphatic rings. The summed E-state index contributed by atoms with van der Waals surface area (Å²) >= 11 is 0. The van der Waals surface area contributed by atoms with Crippen LogP contribution in [0.5, 0.6) is 0 Å². The Morgan fingerprint density at radius 1 is 1.14 bits per heavy atom. The second kappa shape index (κ2) is 4.20. The Hall–Kier alpha value is -1.41. The summed E-state index contributed by atoms with van der Waals surface area (Å²) in [6.45, 7) is 0.728. The highest BCUT2D eigenvalue weighted by atomic mass is 16.5. The summed E-state index contributed by atoms with van der Waals surface area (Å²) in [5, 5.41) is 1.19. The second-order valence-electron chi connectivity index (χ2n) is 3.24. The van der Waals surface area contributed by atoms with Gasteiger partial charge in [-0.25, -0.2) is 0 Å². The molecule has 1 heterocycles. The molecule has 0 bridgehead atoms. The molecule has 1 aromatic heterocycles. The van der Waals surface area contributed by atoms with Crippen molar-refractivity contribution >= 4 is 10.9 Å². The van der Waals surface area contributed by atoms with Gasteiger partial charge in [-0.2, -0.15) is 0 Å². The molecule has 1 aromatic carbocycles. The summed E-state index contributed by atoms with van der Waals surface area (Å²) < 4.78 is 5.02. The summed E-state index contributed by atoms with van der Waals surface area (Å²) in [6.07, 6.45) is 0.876. The quantitative estimate of drug-likeness (QED) is 0.736. The summed E-state index contributed by atoms with van der Waals surface area (Å²) in [5.41, 5.74) is 2.15. The lowest BCUT2D eigenvalue weighted by molar-refractivity contribution is 0.201. The van der Waals surface area contributed by atoms with Crippen molar-refractivity contribution in [2.45, 2.75) is 6.42 Å². The van der Waals surface area contributed by atoms with E-state index in [0.29, 0.717) is 0 Å². The summed E-state index contributed by atoms with van der Waals surface area (Å²) in [6, 6.07) is 12.3. The van der Waals surface area contributed by atoms with Crippen LogP contribution in [-0.4, -0.2) is 18.7 Å². The number of hydrogen-bond donors (Lipinski definition) is 0. The Balaban J connectivity index is 2.32. The van der Waals surface area contributed by atoms with Gasteiger partial charge in [0.05, 0.1) is 12.1 Å². The number of para-hydroxylation sites is 1. The Morgan fingerprint density at radius 2 is 2.00 bits per heavy atom. The second-order valence-corrected chi connectivity index (χ2v) is 3.24. The average molecular weight is 187 g/mol. The Bertz CT molecular complexity index is 425. The first kappa shape index (κ1) is 9.16. The van der Waals surface area contributed by atoms with Crippen molar-refractivity contribution < 1.29 is 4.74 Å². The van der Waals surface area contributed by atoms with E-state index < -0.39 is 0 Å². The Morgan fingerprint density at radius 3 is 2.86 bits per heavy atom. The van der Waals surface area contributed by atoms with Gasteiger partial charge in [-0.05, 0) is 12.1 Å². The van der Waals surface area contributed by atoms with Gasteiger partial charge < -0.3 is 4.74 Å². The first-order chi connectivity index (χ1) is 6.90. The average Bonchev–Trinajstić information content (AvgIpc) is 2.26. The van der Waals surface area contributed by atoms with Crippen LogP contribution in [0.2, 0.25) is 0 Å². The molecular weight excluding hydrogens is 174 g/mol. The highest BCUT2D eigenvalue weighted by Gasteiger charge is 1.96. The largest absolute Gasteiger partial charge is 0.384 e. The van der Waals surface area contributed by atoms with Gasteiger partial charge in [-0.15, -0.1) is 0 Å². The molecular formula is C12H13NO. The van der Waals surface area contributed by atoms with E-state index in [1.807, 2.05) is 18.2 Å². The first-order valence-electron chi connectivity index (χ1n) is 4.74. The predicted octanol–water partition coefficient (Wildman–Crippen LogP) is 2.42. The van der Waals surface area contributed by atoms with Crippen LogP contribution in [0.3, 0.4) is 0 Å². The molecule has 0 fully saturated rings. The molecule has 0 aliphatic carbocycles. The van der Waals surface area contributed by atoms with Crippen LogP contribution in [-0.2, 0) is 11.2 Å². The first-order valence-corrected chi connectivity index (χ1v) is 4.74. The van der Waals surface area contributed by atoms with Gasteiger partial charge >= 0.3 is 0 Å². The number of aromatic nitrogens is 1. The summed E-state index contributed by atoms with van der Waals surface area (Å²) in [5.74, 6) is 0. The lowest BCUT2D eigenvalue weighted by Gasteiger charge is -2.01. The zero-order chi connectivity index (χ0) is 9.80. The van der Waals surface area contributed by atoms with Crippen LogP contribution >= 0.6 is 0 Å². The van der Waals surface area contributed by atoms with Gasteiger partial charge in [0.2, 0.25) is 0 Å². The fourth-order valence-corrected chi connectivity index (χ4v) is 1.45. The van der Waals surface area contributed by atoms with E-state index in [-0.39, 0.29) is 0 Å². The molecule has 0 radical (unpaired) electrons. The maximum atomic E-state index is 5.02. The van der Waals surface area contributed by atoms with Gasteiger partial charge in [0.25, 0.3) is 0 Å². The van der Waals surface area contributed by atoms with Gasteiger partial charge in [0.1, 0.15) is 0 Å². The fraction of sp³-hybridized carbons (Fsp3) is 0.250. The predicted molar refractivity (Wildman–Crippen MR) is 57.3 cm³/mol. The monoisotopic (exact) mass is 187 g/mol. The molecule has 0 aliphatic heterocycles. The number of benzene rings is 1. The van der Waals surface area contributed by atoms with Crippen molar-refractivity contribution in [2.24, 2.45) is 0 Å². The molecule has 0 spiro atoms. The van der Waals surface area contributed by atoms with Crippen LogP contribution < -0.4 is 0 Å². The molecule has 2 nitrogen and oxygen atoms in total. The maximum absolute atomic E-state index is 5.02. The number of pyridine rings is 1. The van der Waals surface area contributed by atoms with E-state index in [9.17, 15) is 0 Å². The lowest BCUT2D eigenvalue weighted by atomic mass is 10.2. The van der Waals surface area contributed by atoms with Gasteiger partial charge in [0, 0.05) is 24.6 Å². The highest BCUT2D eigenvalue weighted by Crippen LogP contribution is 2.11. The smallest absolute Gasteiger partial charge is 0.0705 e. The molecule has 2 heteroatoms. The van der Waals surface area contributed by atoms with Crippen LogP contribution in [0.1, 0.15) is 5.69 Å². The van der Waals surface area contributed by atoms with E-state index in [4.69, 9.17) is 4.74 Å². The third kappa shape index (κ3) is 1.91. The van der Waals surface area contributed by atoms with Crippen LogP contribution in [0.4, 0.5) is 0 Å². The number of ether oxygens (including phenoxy) is 1. The van der Waals surface area contributed by atoms with Crippen LogP contribution in [0.15, 0.2) is 36.4 Å². The molecule has 0 amide bonds. The van der Waals surface area contributed by atoms with Crippen molar-refractivity contribution in [1.82, 2.24) is 4.98 Å². The molecule has 0 N–H and O–H groups in total. The molecule has 2 aromatic rings. The summed E-state index contributed by atoms with van der Waals surface area (Å²) in [4.78, 5) is 4.53. The molecule has 0 saturated carbocycles. The molecule has 0 atom stereocenters. The van der Waals surface area contributed by atoms with Crippen LogP contribution in [0.25, 0.3) is 10.9 Å². The SMILES string of the molecule is COCCc1ccc2ccccc2n1. The molecule has 14 heavy (non-hydrogen) atoms. The third-order valence-corrected chi connectivity index (χ3v) is 2.22.